The Labute approximate surface area is 183 Å². The van der Waals surface area contributed by atoms with E-state index in [1.807, 2.05) is 5.32 Å². The molecule has 2 atom stereocenters. The lowest BCUT2D eigenvalue weighted by molar-refractivity contribution is -0.141. The maximum atomic E-state index is 11.9. The number of ketones is 1. The maximum Gasteiger partial charge on any atom is 0.326 e. The summed E-state index contributed by atoms with van der Waals surface area (Å²) in [7, 11) is 0. The van der Waals surface area contributed by atoms with E-state index in [-0.39, 0.29) is 44.8 Å². The van der Waals surface area contributed by atoms with Gasteiger partial charge in [0, 0.05) is 6.42 Å². The monoisotopic (exact) mass is 463 g/mol. The molecule has 0 radical (unpaired) electrons. The molecule has 0 saturated heterocycles. The zero-order valence-corrected chi connectivity index (χ0v) is 17.4. The van der Waals surface area contributed by atoms with Crippen molar-refractivity contribution in [3.8, 4) is 0 Å². The smallest absolute Gasteiger partial charge is 0.326 e. The van der Waals surface area contributed by atoms with Gasteiger partial charge in [-0.1, -0.05) is 0 Å². The summed E-state index contributed by atoms with van der Waals surface area (Å²) in [5.74, 6) is -5.29. The third-order valence-corrected chi connectivity index (χ3v) is 4.00. The van der Waals surface area contributed by atoms with Gasteiger partial charge in [-0.3, -0.25) is 14.4 Å². The van der Waals surface area contributed by atoms with Crippen LogP contribution in [0, 0.1) is 0 Å². The molecule has 0 rings (SSSR count). The van der Waals surface area contributed by atoms with E-state index in [0.29, 0.717) is 19.4 Å². The van der Waals surface area contributed by atoms with Crippen LogP contribution in [0.25, 0.3) is 0 Å². The second-order valence-corrected chi connectivity index (χ2v) is 6.74. The largest absolute Gasteiger partial charge is 0.481 e. The van der Waals surface area contributed by atoms with Crippen molar-refractivity contribution in [2.45, 2.75) is 50.6 Å². The van der Waals surface area contributed by atoms with Crippen LogP contribution in [0.3, 0.4) is 0 Å². The van der Waals surface area contributed by atoms with Crippen LogP contribution in [0.15, 0.2) is 0 Å². The minimum Gasteiger partial charge on any atom is -0.481 e. The molecule has 0 aliphatic carbocycles. The molecule has 2 unspecified atom stereocenters. The number of urea groups is 1. The van der Waals surface area contributed by atoms with Crippen molar-refractivity contribution in [3.63, 3.8) is 0 Å². The summed E-state index contributed by atoms with van der Waals surface area (Å²) in [6.07, 6.45) is -0.139. The molecule has 0 aliphatic rings. The van der Waals surface area contributed by atoms with E-state index in [9.17, 15) is 33.9 Å². The number of rotatable bonds is 19. The Hall–Kier alpha value is -3.26. The fraction of sp³-hybridized carbons (Fsp3) is 0.667. The summed E-state index contributed by atoms with van der Waals surface area (Å²) < 4.78 is 4.90. The normalized spacial score (nSPS) is 12.4. The molecule has 14 heteroatoms. The van der Waals surface area contributed by atoms with E-state index in [0.717, 1.165) is 0 Å². The lowest BCUT2D eigenvalue weighted by Crippen LogP contribution is -2.51. The van der Waals surface area contributed by atoms with Crippen molar-refractivity contribution in [1.82, 2.24) is 16.0 Å². The molecular formula is C18H29N3O11. The lowest BCUT2D eigenvalue weighted by atomic mass is 10.1. The van der Waals surface area contributed by atoms with Crippen molar-refractivity contribution in [2.24, 2.45) is 0 Å². The number of hydrogen-bond acceptors (Lipinski definition) is 8. The quantitative estimate of drug-likeness (QED) is 0.113. The maximum absolute atomic E-state index is 11.9. The van der Waals surface area contributed by atoms with Crippen molar-refractivity contribution >= 4 is 35.7 Å². The Kier molecular flexibility index (Phi) is 14.8. The van der Waals surface area contributed by atoms with Crippen LogP contribution in [0.2, 0.25) is 0 Å². The summed E-state index contributed by atoms with van der Waals surface area (Å²) >= 11 is 0. The molecule has 0 bridgehead atoms. The van der Waals surface area contributed by atoms with E-state index < -0.39 is 48.4 Å². The summed E-state index contributed by atoms with van der Waals surface area (Å²) in [5.41, 5.74) is 0. The number of carboxylic acid groups (broad SMARTS) is 4. The number of carboxylic acids is 4. The third kappa shape index (κ3) is 15.6. The van der Waals surface area contributed by atoms with Gasteiger partial charge in [0.15, 0.2) is 5.78 Å². The van der Waals surface area contributed by atoms with Crippen LogP contribution >= 0.6 is 0 Å². The number of hydrogen-bond donors (Lipinski definition) is 7. The van der Waals surface area contributed by atoms with E-state index in [2.05, 4.69) is 10.6 Å². The number of carbonyl (C=O) groups excluding carboxylic acids is 2. The number of amides is 2. The van der Waals surface area contributed by atoms with Gasteiger partial charge in [-0.2, -0.15) is 0 Å². The molecule has 0 saturated carbocycles. The van der Waals surface area contributed by atoms with Crippen molar-refractivity contribution in [1.29, 1.82) is 0 Å². The van der Waals surface area contributed by atoms with Crippen LogP contribution < -0.4 is 16.0 Å². The van der Waals surface area contributed by atoms with Crippen LogP contribution in [0.1, 0.15) is 38.5 Å². The minimum absolute atomic E-state index is 0.00298. The van der Waals surface area contributed by atoms with Crippen molar-refractivity contribution in [3.05, 3.63) is 0 Å². The predicted octanol–water partition coefficient (Wildman–Crippen LogP) is -1.12. The molecule has 0 fully saturated rings. The molecule has 2 amide bonds. The van der Waals surface area contributed by atoms with Crippen LogP contribution in [-0.2, 0) is 28.7 Å². The Morgan fingerprint density at radius 3 is 1.84 bits per heavy atom. The van der Waals surface area contributed by atoms with Gasteiger partial charge in [-0.15, -0.1) is 0 Å². The Balaban J connectivity index is 4.16. The van der Waals surface area contributed by atoms with Gasteiger partial charge in [0.25, 0.3) is 0 Å². The van der Waals surface area contributed by atoms with Gasteiger partial charge >= 0.3 is 29.9 Å². The number of unbranched alkanes of at least 4 members (excludes halogenated alkanes) is 1. The zero-order chi connectivity index (χ0) is 24.5. The molecule has 0 aromatic carbocycles. The zero-order valence-electron chi connectivity index (χ0n) is 17.4. The summed E-state index contributed by atoms with van der Waals surface area (Å²) in [4.78, 5) is 66.6. The highest BCUT2D eigenvalue weighted by molar-refractivity contribution is 5.86. The fourth-order valence-corrected chi connectivity index (χ4v) is 2.36. The van der Waals surface area contributed by atoms with E-state index in [4.69, 9.17) is 20.1 Å². The average molecular weight is 463 g/mol. The molecule has 14 nitrogen and oxygen atoms in total. The van der Waals surface area contributed by atoms with Gasteiger partial charge in [-0.25, -0.2) is 14.4 Å². The number of nitrogens with one attached hydrogen (secondary N) is 3. The molecule has 7 N–H and O–H groups in total. The third-order valence-electron chi connectivity index (χ3n) is 4.00. The van der Waals surface area contributed by atoms with E-state index >= 15 is 0 Å². The Bertz CT molecular complexity index is 669. The summed E-state index contributed by atoms with van der Waals surface area (Å²) in [6.45, 7) is 0.105. The number of ether oxygens (including phenoxy) is 1. The lowest BCUT2D eigenvalue weighted by Gasteiger charge is -2.18. The van der Waals surface area contributed by atoms with Crippen LogP contribution in [-0.4, -0.2) is 94.5 Å². The molecular weight excluding hydrogens is 434 g/mol. The van der Waals surface area contributed by atoms with Crippen molar-refractivity contribution < 1.29 is 53.9 Å². The molecule has 0 heterocycles. The molecule has 0 aromatic heterocycles. The fourth-order valence-electron chi connectivity index (χ4n) is 2.36. The van der Waals surface area contributed by atoms with E-state index in [1.165, 1.54) is 0 Å². The standard InChI is InChI=1S/C18H29N3O11/c22-11(10-32-8-6-15(25)26)9-19-7-2-1-3-12(16(27)28)20-18(31)21-13(17(29)30)4-5-14(23)24/h12-13,19H,1-10H2,(H,23,24)(H,25,26)(H,27,28)(H,29,30)(H2,20,21,31). The van der Waals surface area contributed by atoms with Gasteiger partial charge in [0.05, 0.1) is 19.6 Å². The first-order chi connectivity index (χ1) is 15.0. The Morgan fingerprint density at radius 1 is 0.750 bits per heavy atom. The first kappa shape index (κ1) is 28.7. The summed E-state index contributed by atoms with van der Waals surface area (Å²) in [5, 5.41) is 42.3. The summed E-state index contributed by atoms with van der Waals surface area (Å²) in [6, 6.07) is -3.80. The molecule has 0 spiro atoms. The second kappa shape index (κ2) is 16.4. The highest BCUT2D eigenvalue weighted by Crippen LogP contribution is 2.03. The average Bonchev–Trinajstić information content (AvgIpc) is 2.69. The molecule has 32 heavy (non-hydrogen) atoms. The van der Waals surface area contributed by atoms with Gasteiger partial charge < -0.3 is 41.1 Å². The van der Waals surface area contributed by atoms with E-state index in [1.54, 1.807) is 0 Å². The first-order valence-electron chi connectivity index (χ1n) is 9.79. The van der Waals surface area contributed by atoms with Crippen molar-refractivity contribution in [2.75, 3.05) is 26.3 Å². The SMILES string of the molecule is O=C(O)CCOCC(=O)CNCCCCC(NC(=O)NC(CCC(=O)O)C(=O)O)C(=O)O. The highest BCUT2D eigenvalue weighted by Gasteiger charge is 2.24. The first-order valence-corrected chi connectivity index (χ1v) is 9.79. The molecule has 0 aliphatic heterocycles. The number of Topliss-reactive ketones (excluding diaryl/α,β-unsaturated/α-hetero) is 1. The molecule has 182 valence electrons. The number of aliphatic carboxylic acids is 4. The predicted molar refractivity (Wildman–Crippen MR) is 106 cm³/mol. The van der Waals surface area contributed by atoms with Gasteiger partial charge in [0.1, 0.15) is 18.7 Å². The van der Waals surface area contributed by atoms with Gasteiger partial charge in [-0.05, 0) is 32.2 Å². The second-order valence-electron chi connectivity index (χ2n) is 6.74. The minimum atomic E-state index is -1.48. The number of carbonyl (C=O) groups is 6. The topological polar surface area (TPSA) is 229 Å². The molecule has 0 aromatic rings. The highest BCUT2D eigenvalue weighted by atomic mass is 16.5. The van der Waals surface area contributed by atoms with Gasteiger partial charge in [0.2, 0.25) is 0 Å². The van der Waals surface area contributed by atoms with Crippen LogP contribution in [0.4, 0.5) is 4.79 Å². The Morgan fingerprint density at radius 2 is 1.31 bits per heavy atom. The van der Waals surface area contributed by atoms with Crippen LogP contribution in [0.5, 0.6) is 0 Å².